The molecule has 0 aliphatic carbocycles. The van der Waals surface area contributed by atoms with Gasteiger partial charge in [0.05, 0.1) is 0 Å². The third-order valence-electron chi connectivity index (χ3n) is 4.35. The zero-order chi connectivity index (χ0) is 14.8. The summed E-state index contributed by atoms with van der Waals surface area (Å²) in [5.74, 6) is 0.676. The molecule has 2 bridgehead atoms. The molecule has 21 heavy (non-hydrogen) atoms. The van der Waals surface area contributed by atoms with E-state index in [2.05, 4.69) is 11.9 Å². The molecule has 114 valence electrons. The van der Waals surface area contributed by atoms with E-state index in [4.69, 9.17) is 21.5 Å². The summed E-state index contributed by atoms with van der Waals surface area (Å²) in [5.41, 5.74) is 0.902. The molecule has 2 fully saturated rings. The summed E-state index contributed by atoms with van der Waals surface area (Å²) < 4.78 is 6.15. The number of fused-ring (bicyclic) bond motifs is 2. The van der Waals surface area contributed by atoms with Crippen molar-refractivity contribution < 1.29 is 4.74 Å². The van der Waals surface area contributed by atoms with Gasteiger partial charge in [-0.2, -0.15) is 0 Å². The van der Waals surface area contributed by atoms with E-state index in [0.717, 1.165) is 23.3 Å². The van der Waals surface area contributed by atoms with Gasteiger partial charge < -0.3 is 10.1 Å². The highest BCUT2D eigenvalue weighted by molar-refractivity contribution is 7.97. The third-order valence-corrected chi connectivity index (χ3v) is 5.19. The van der Waals surface area contributed by atoms with Crippen LogP contribution in [-0.4, -0.2) is 18.2 Å². The van der Waals surface area contributed by atoms with Gasteiger partial charge in [-0.25, -0.2) is 0 Å². The van der Waals surface area contributed by atoms with E-state index in [1.165, 1.54) is 31.2 Å². The Morgan fingerprint density at radius 2 is 2.05 bits per heavy atom. The Balaban J connectivity index is 1.70. The van der Waals surface area contributed by atoms with Gasteiger partial charge in [-0.1, -0.05) is 24.6 Å². The molecule has 1 aromatic carbocycles. The summed E-state index contributed by atoms with van der Waals surface area (Å²) >= 11 is 7.28. The van der Waals surface area contributed by atoms with Crippen LogP contribution in [0.5, 0.6) is 0 Å². The molecule has 3 N–H and O–H groups in total. The highest BCUT2D eigenvalue weighted by Gasteiger charge is 2.32. The van der Waals surface area contributed by atoms with Crippen molar-refractivity contribution in [2.45, 2.75) is 55.2 Å². The van der Waals surface area contributed by atoms with Crippen molar-refractivity contribution in [3.63, 3.8) is 0 Å². The van der Waals surface area contributed by atoms with Crippen LogP contribution in [0.1, 0.15) is 37.7 Å². The van der Waals surface area contributed by atoms with E-state index >= 15 is 0 Å². The smallest absolute Gasteiger partial charge is 0.121 e. The molecule has 5 heteroatoms. The quantitative estimate of drug-likeness (QED) is 0.650. The fraction of sp³-hybridized carbons (Fsp3) is 0.500. The van der Waals surface area contributed by atoms with Gasteiger partial charge >= 0.3 is 0 Å². The zero-order valence-electron chi connectivity index (χ0n) is 12.0. The lowest BCUT2D eigenvalue weighted by Gasteiger charge is -2.40. The van der Waals surface area contributed by atoms with E-state index in [1.54, 1.807) is 0 Å². The van der Waals surface area contributed by atoms with Gasteiger partial charge in [-0.15, -0.1) is 0 Å². The molecule has 2 aliphatic heterocycles. The van der Waals surface area contributed by atoms with Crippen molar-refractivity contribution >= 4 is 29.3 Å². The molecular formula is C16H21ClN2OS. The molecule has 2 heterocycles. The van der Waals surface area contributed by atoms with Crippen LogP contribution >= 0.6 is 23.5 Å². The van der Waals surface area contributed by atoms with Crippen LogP contribution in [0.3, 0.4) is 0 Å². The second-order valence-corrected chi connectivity index (χ2v) is 7.00. The van der Waals surface area contributed by atoms with Crippen molar-refractivity contribution in [3.05, 3.63) is 35.4 Å². The van der Waals surface area contributed by atoms with Gasteiger partial charge in [0.15, 0.2) is 0 Å². The summed E-state index contributed by atoms with van der Waals surface area (Å²) in [5, 5.41) is 10.1. The first kappa shape index (κ1) is 15.2. The largest absolute Gasteiger partial charge is 0.490 e. The van der Waals surface area contributed by atoms with Gasteiger partial charge in [0, 0.05) is 27.6 Å². The summed E-state index contributed by atoms with van der Waals surface area (Å²) in [6, 6.07) is 6.81. The Morgan fingerprint density at radius 3 is 2.71 bits per heavy atom. The van der Waals surface area contributed by atoms with Gasteiger partial charge in [0.2, 0.25) is 0 Å². The van der Waals surface area contributed by atoms with Crippen LogP contribution < -0.4 is 10.5 Å². The fourth-order valence-corrected chi connectivity index (χ4v) is 4.02. The molecule has 0 unspecified atom stereocenters. The summed E-state index contributed by atoms with van der Waals surface area (Å²) in [4.78, 5) is 0.943. The van der Waals surface area contributed by atoms with Crippen LogP contribution in [0, 0.1) is 0 Å². The molecule has 3 rings (SSSR count). The first-order valence-electron chi connectivity index (χ1n) is 7.44. The van der Waals surface area contributed by atoms with Crippen LogP contribution in [0.2, 0.25) is 5.02 Å². The lowest BCUT2D eigenvalue weighted by Crippen LogP contribution is -2.50. The standard InChI is InChI=1S/C16H21ClN2OS/c1-10(15-7-11(17)5-6-16(15)21-18)20-14-8-12-3-2-4-13(9-14)19-12/h5-7,12-14,19H,1-4,8-9,18H2/t12-,13+,14-. The van der Waals surface area contributed by atoms with Gasteiger partial charge in [-0.05, 0) is 55.8 Å². The van der Waals surface area contributed by atoms with Gasteiger partial charge in [0.1, 0.15) is 11.9 Å². The van der Waals surface area contributed by atoms with E-state index in [-0.39, 0.29) is 6.10 Å². The van der Waals surface area contributed by atoms with Crippen LogP contribution in [0.15, 0.2) is 29.7 Å². The van der Waals surface area contributed by atoms with Crippen molar-refractivity contribution in [1.29, 1.82) is 0 Å². The van der Waals surface area contributed by atoms with Gasteiger partial charge in [-0.3, -0.25) is 5.14 Å². The van der Waals surface area contributed by atoms with Crippen LogP contribution in [0.25, 0.3) is 5.76 Å². The number of ether oxygens (including phenoxy) is 1. The molecule has 1 aromatic rings. The predicted molar refractivity (Wildman–Crippen MR) is 89.2 cm³/mol. The average Bonchev–Trinajstić information content (AvgIpc) is 2.46. The molecule has 2 aliphatic rings. The van der Waals surface area contributed by atoms with E-state index in [9.17, 15) is 0 Å². The first-order valence-corrected chi connectivity index (χ1v) is 8.69. The number of nitrogens with one attached hydrogen (secondary N) is 1. The monoisotopic (exact) mass is 324 g/mol. The molecule has 0 saturated carbocycles. The normalized spacial score (nSPS) is 28.2. The summed E-state index contributed by atoms with van der Waals surface area (Å²) in [7, 11) is 0. The molecule has 3 atom stereocenters. The summed E-state index contributed by atoms with van der Waals surface area (Å²) in [6.07, 6.45) is 6.19. The second kappa shape index (κ2) is 6.61. The lowest BCUT2D eigenvalue weighted by atomic mass is 9.85. The molecule has 0 aromatic heterocycles. The maximum atomic E-state index is 6.15. The van der Waals surface area contributed by atoms with Crippen molar-refractivity contribution in [2.75, 3.05) is 0 Å². The number of rotatable bonds is 4. The number of halogens is 1. The molecule has 0 amide bonds. The van der Waals surface area contributed by atoms with Gasteiger partial charge in [0.25, 0.3) is 0 Å². The Labute approximate surface area is 135 Å². The molecular weight excluding hydrogens is 304 g/mol. The highest BCUT2D eigenvalue weighted by Crippen LogP contribution is 2.33. The maximum absolute atomic E-state index is 6.15. The van der Waals surface area contributed by atoms with Crippen molar-refractivity contribution in [2.24, 2.45) is 5.14 Å². The molecule has 0 spiro atoms. The number of benzene rings is 1. The zero-order valence-corrected chi connectivity index (χ0v) is 13.6. The predicted octanol–water partition coefficient (Wildman–Crippen LogP) is 3.97. The van der Waals surface area contributed by atoms with Crippen LogP contribution in [-0.2, 0) is 4.74 Å². The Kier molecular flexibility index (Phi) is 4.79. The Hall–Kier alpha value is -0.680. The minimum absolute atomic E-state index is 0.239. The van der Waals surface area contributed by atoms with Crippen LogP contribution in [0.4, 0.5) is 0 Å². The Morgan fingerprint density at radius 1 is 1.33 bits per heavy atom. The van der Waals surface area contributed by atoms with E-state index < -0.39 is 0 Å². The first-order chi connectivity index (χ1) is 10.2. The van der Waals surface area contributed by atoms with E-state index in [0.29, 0.717) is 22.9 Å². The van der Waals surface area contributed by atoms with Crippen molar-refractivity contribution in [1.82, 2.24) is 5.32 Å². The average molecular weight is 325 g/mol. The number of piperidine rings is 2. The molecule has 3 nitrogen and oxygen atoms in total. The second-order valence-electron chi connectivity index (χ2n) is 5.88. The van der Waals surface area contributed by atoms with E-state index in [1.807, 2.05) is 18.2 Å². The maximum Gasteiger partial charge on any atom is 0.121 e. The number of nitrogens with two attached hydrogens (primary N) is 1. The fourth-order valence-electron chi connectivity index (χ4n) is 3.40. The minimum Gasteiger partial charge on any atom is -0.490 e. The molecule has 0 radical (unpaired) electrons. The topological polar surface area (TPSA) is 47.3 Å². The number of hydrogen-bond donors (Lipinski definition) is 2. The Bertz CT molecular complexity index is 525. The van der Waals surface area contributed by atoms with Crippen molar-refractivity contribution in [3.8, 4) is 0 Å². The lowest BCUT2D eigenvalue weighted by molar-refractivity contribution is 0.0721. The summed E-state index contributed by atoms with van der Waals surface area (Å²) in [6.45, 7) is 4.09. The third kappa shape index (κ3) is 3.57. The SMILES string of the molecule is C=C(O[C@@H]1C[C@H]2CCC[C@@H](C1)N2)c1cc(Cl)ccc1SN. The molecule has 2 saturated heterocycles. The minimum atomic E-state index is 0.239. The number of hydrogen-bond acceptors (Lipinski definition) is 4. The highest BCUT2D eigenvalue weighted by atomic mass is 35.5.